The van der Waals surface area contributed by atoms with Crippen LogP contribution >= 0.6 is 8.03 Å². The Labute approximate surface area is 267 Å². The molecule has 0 spiro atoms. The normalized spacial score (nSPS) is 20.0. The molecule has 1 aromatic heterocycles. The topological polar surface area (TPSA) is 138 Å². The van der Waals surface area contributed by atoms with Crippen LogP contribution in [0.2, 0.25) is 0 Å². The van der Waals surface area contributed by atoms with Crippen molar-refractivity contribution in [1.29, 1.82) is 0 Å². The second-order valence-electron chi connectivity index (χ2n) is 11.0. The van der Waals surface area contributed by atoms with Gasteiger partial charge in [0.15, 0.2) is 12.4 Å². The van der Waals surface area contributed by atoms with Crippen molar-refractivity contribution in [3.8, 4) is 5.75 Å². The lowest BCUT2D eigenvalue weighted by Crippen LogP contribution is -2.40. The molecule has 5 atom stereocenters. The number of aromatic nitrogens is 2. The molecule has 0 saturated carbocycles. The Morgan fingerprint density at radius 1 is 0.913 bits per heavy atom. The lowest BCUT2D eigenvalue weighted by Gasteiger charge is -2.37. The third kappa shape index (κ3) is 7.05. The smallest absolute Gasteiger partial charge is 0.497 e. The standard InChI is InChI=1S/C34H37N2O9P/c1-23-20-36(33(38)35-31(23)37)32-30(43-19-18-41-2)28(22-46(39)40)29(45-32)21-44-34(24-10-6-4-7-11-24,25-12-8-5-9-13-25)26-14-16-27(42-3)17-15-26/h4-17,20,28-30,32H,18-19,21-22H2,1-3H3,(H-,35,37,38,39,40)/p+1/t28-,29-,30-,32-/m1/s1. The van der Waals surface area contributed by atoms with Crippen molar-refractivity contribution in [2.45, 2.75) is 31.0 Å². The fourth-order valence-electron chi connectivity index (χ4n) is 5.95. The number of hydrogen-bond acceptors (Lipinski definition) is 8. The molecule has 12 heteroatoms. The number of aryl methyl sites for hydroxylation is 1. The van der Waals surface area contributed by atoms with Crippen molar-refractivity contribution < 1.29 is 33.1 Å². The van der Waals surface area contributed by atoms with E-state index in [1.807, 2.05) is 84.9 Å². The van der Waals surface area contributed by atoms with Crippen LogP contribution in [0.1, 0.15) is 28.5 Å². The van der Waals surface area contributed by atoms with Gasteiger partial charge in [-0.15, -0.1) is 0 Å². The average Bonchev–Trinajstić information content (AvgIpc) is 3.40. The van der Waals surface area contributed by atoms with Crippen molar-refractivity contribution in [2.75, 3.05) is 40.2 Å². The first-order valence-electron chi connectivity index (χ1n) is 14.9. The molecule has 0 bridgehead atoms. The van der Waals surface area contributed by atoms with Crippen LogP contribution in [-0.4, -0.2) is 66.9 Å². The van der Waals surface area contributed by atoms with E-state index < -0.39 is 49.2 Å². The summed E-state index contributed by atoms with van der Waals surface area (Å²) >= 11 is 0. The maximum absolute atomic E-state index is 13.0. The molecular formula is C34H38N2O9P+. The van der Waals surface area contributed by atoms with E-state index in [9.17, 15) is 19.0 Å². The van der Waals surface area contributed by atoms with Gasteiger partial charge in [0, 0.05) is 18.9 Å². The van der Waals surface area contributed by atoms with Gasteiger partial charge in [-0.25, -0.2) is 4.79 Å². The van der Waals surface area contributed by atoms with E-state index >= 15 is 0 Å². The Hall–Kier alpha value is -3.96. The highest BCUT2D eigenvalue weighted by Crippen LogP contribution is 2.44. The summed E-state index contributed by atoms with van der Waals surface area (Å²) in [6.45, 7) is 1.94. The summed E-state index contributed by atoms with van der Waals surface area (Å²) in [6.07, 6.45) is -1.39. The van der Waals surface area contributed by atoms with Crippen LogP contribution in [0.3, 0.4) is 0 Å². The Balaban J connectivity index is 1.60. The molecule has 1 saturated heterocycles. The molecule has 242 valence electrons. The van der Waals surface area contributed by atoms with Gasteiger partial charge in [-0.05, 0) is 40.3 Å². The van der Waals surface area contributed by atoms with Crippen molar-refractivity contribution in [1.82, 2.24) is 9.55 Å². The molecule has 5 rings (SSSR count). The van der Waals surface area contributed by atoms with Crippen LogP contribution in [-0.2, 0) is 29.1 Å². The quantitative estimate of drug-likeness (QED) is 0.117. The summed E-state index contributed by atoms with van der Waals surface area (Å²) in [7, 11) is 0.517. The Morgan fingerprint density at radius 3 is 2.09 bits per heavy atom. The predicted octanol–water partition coefficient (Wildman–Crippen LogP) is 4.14. The first-order chi connectivity index (χ1) is 22.3. The number of nitrogens with zero attached hydrogens (tertiary/aromatic N) is 1. The van der Waals surface area contributed by atoms with Gasteiger partial charge in [0.2, 0.25) is 0 Å². The number of hydrogen-bond donors (Lipinski definition) is 2. The summed E-state index contributed by atoms with van der Waals surface area (Å²) in [5, 5.41) is 0. The maximum Gasteiger partial charge on any atom is 0.505 e. The summed E-state index contributed by atoms with van der Waals surface area (Å²) in [6, 6.07) is 27.2. The van der Waals surface area contributed by atoms with Crippen molar-refractivity contribution >= 4 is 8.03 Å². The van der Waals surface area contributed by atoms with Gasteiger partial charge in [0.25, 0.3) is 5.56 Å². The minimum Gasteiger partial charge on any atom is -0.497 e. The molecule has 4 aromatic rings. The fraction of sp³-hybridized carbons (Fsp3) is 0.353. The van der Waals surface area contributed by atoms with E-state index in [1.165, 1.54) is 17.9 Å². The highest BCUT2D eigenvalue weighted by atomic mass is 31.1. The molecule has 0 radical (unpaired) electrons. The van der Waals surface area contributed by atoms with Crippen LogP contribution in [0.4, 0.5) is 0 Å². The molecule has 46 heavy (non-hydrogen) atoms. The van der Waals surface area contributed by atoms with Gasteiger partial charge in [-0.1, -0.05) is 72.8 Å². The number of aromatic amines is 1. The molecule has 0 amide bonds. The van der Waals surface area contributed by atoms with Crippen LogP contribution in [0.15, 0.2) is 101 Å². The lowest BCUT2D eigenvalue weighted by molar-refractivity contribution is -0.0984. The van der Waals surface area contributed by atoms with Crippen molar-refractivity contribution in [2.24, 2.45) is 5.92 Å². The zero-order valence-corrected chi connectivity index (χ0v) is 26.8. The molecule has 2 N–H and O–H groups in total. The number of methoxy groups -OCH3 is 2. The van der Waals surface area contributed by atoms with Gasteiger partial charge >= 0.3 is 13.7 Å². The Morgan fingerprint density at radius 2 is 1.52 bits per heavy atom. The van der Waals surface area contributed by atoms with E-state index in [1.54, 1.807) is 14.0 Å². The fourth-order valence-corrected chi connectivity index (χ4v) is 6.75. The number of H-pyrrole nitrogens is 1. The minimum absolute atomic E-state index is 0.0403. The van der Waals surface area contributed by atoms with Crippen molar-refractivity contribution in [3.05, 3.63) is 134 Å². The monoisotopic (exact) mass is 649 g/mol. The van der Waals surface area contributed by atoms with Gasteiger partial charge < -0.3 is 23.7 Å². The molecule has 1 aliphatic heterocycles. The minimum atomic E-state index is -2.62. The van der Waals surface area contributed by atoms with Crippen LogP contribution in [0.25, 0.3) is 0 Å². The molecule has 0 aliphatic carbocycles. The zero-order valence-electron chi connectivity index (χ0n) is 25.9. The summed E-state index contributed by atoms with van der Waals surface area (Å²) < 4.78 is 43.9. The zero-order chi connectivity index (χ0) is 32.7. The number of benzene rings is 3. The van der Waals surface area contributed by atoms with Gasteiger partial charge in [0.1, 0.15) is 17.5 Å². The highest BCUT2D eigenvalue weighted by Gasteiger charge is 2.51. The number of nitrogens with one attached hydrogen (secondary N) is 1. The third-order valence-electron chi connectivity index (χ3n) is 8.20. The summed E-state index contributed by atoms with van der Waals surface area (Å²) in [4.78, 5) is 37.6. The predicted molar refractivity (Wildman–Crippen MR) is 171 cm³/mol. The van der Waals surface area contributed by atoms with E-state index in [4.69, 9.17) is 23.7 Å². The van der Waals surface area contributed by atoms with Gasteiger partial charge in [-0.2, -0.15) is 4.89 Å². The second-order valence-corrected chi connectivity index (χ2v) is 12.1. The van der Waals surface area contributed by atoms with E-state index in [0.717, 1.165) is 16.7 Å². The lowest BCUT2D eigenvalue weighted by atomic mass is 9.80. The molecular weight excluding hydrogens is 611 g/mol. The second kappa shape index (κ2) is 15.1. The first-order valence-corrected chi connectivity index (χ1v) is 16.3. The molecule has 1 unspecified atom stereocenters. The molecule has 2 heterocycles. The van der Waals surface area contributed by atoms with E-state index in [-0.39, 0.29) is 26.0 Å². The van der Waals surface area contributed by atoms with Crippen LogP contribution in [0.5, 0.6) is 5.75 Å². The van der Waals surface area contributed by atoms with Crippen LogP contribution < -0.4 is 16.0 Å². The number of rotatable bonds is 14. The summed E-state index contributed by atoms with van der Waals surface area (Å²) in [5.41, 5.74) is 0.509. The Bertz CT molecular complexity index is 1670. The van der Waals surface area contributed by atoms with Gasteiger partial charge in [-0.3, -0.25) is 14.3 Å². The summed E-state index contributed by atoms with van der Waals surface area (Å²) in [5.74, 6) is 0.0277. The largest absolute Gasteiger partial charge is 0.505 e. The highest BCUT2D eigenvalue weighted by molar-refractivity contribution is 7.38. The Kier molecular flexibility index (Phi) is 11.0. The molecule has 1 aliphatic rings. The van der Waals surface area contributed by atoms with Crippen LogP contribution in [0, 0.1) is 12.8 Å². The number of ether oxygens (including phenoxy) is 5. The third-order valence-corrected chi connectivity index (χ3v) is 8.93. The maximum atomic E-state index is 13.0. The van der Waals surface area contributed by atoms with E-state index in [0.29, 0.717) is 11.3 Å². The SMILES string of the molecule is COCCO[C@@H]1[C@H](C[P+](=O)O)[C@@H](COC(c2ccccc2)(c2ccccc2)c2ccc(OC)cc2)O[C@H]1n1cc(C)c(=O)[nH]c1=O. The average molecular weight is 650 g/mol. The molecule has 3 aromatic carbocycles. The van der Waals surface area contributed by atoms with E-state index in [2.05, 4.69) is 4.98 Å². The molecule has 1 fully saturated rings. The molecule has 11 nitrogen and oxygen atoms in total. The van der Waals surface area contributed by atoms with Gasteiger partial charge in [0.05, 0.1) is 39.0 Å². The first kappa shape index (κ1) is 33.4. The van der Waals surface area contributed by atoms with Crippen molar-refractivity contribution in [3.63, 3.8) is 0 Å².